The Hall–Kier alpha value is -3.09. The second-order valence-electron chi connectivity index (χ2n) is 6.76. The van der Waals surface area contributed by atoms with Crippen LogP contribution in [0, 0.1) is 5.92 Å². The van der Waals surface area contributed by atoms with Crippen LogP contribution in [0.3, 0.4) is 0 Å². The first kappa shape index (κ1) is 22.2. The number of para-hydroxylation sites is 1. The molecule has 7 nitrogen and oxygen atoms in total. The third-order valence-electron chi connectivity index (χ3n) is 4.52. The lowest BCUT2D eigenvalue weighted by molar-refractivity contribution is -0.158. The highest BCUT2D eigenvalue weighted by atomic mass is 16.6. The summed E-state index contributed by atoms with van der Waals surface area (Å²) in [5.41, 5.74) is -0.128. The molecule has 3 atom stereocenters. The fraction of sp³-hybridized carbons (Fsp3) is 0.409. The van der Waals surface area contributed by atoms with Gasteiger partial charge in [-0.15, -0.1) is 0 Å². The summed E-state index contributed by atoms with van der Waals surface area (Å²) in [6, 6.07) is 10.7. The van der Waals surface area contributed by atoms with E-state index in [1.165, 1.54) is 19.4 Å². The van der Waals surface area contributed by atoms with E-state index in [2.05, 4.69) is 4.98 Å². The summed E-state index contributed by atoms with van der Waals surface area (Å²) in [6.07, 6.45) is 0.988. The maximum atomic E-state index is 12.5. The maximum absolute atomic E-state index is 12.5. The molecule has 0 aliphatic heterocycles. The van der Waals surface area contributed by atoms with Gasteiger partial charge in [-0.05, 0) is 25.5 Å². The number of pyridine rings is 1. The monoisotopic (exact) mass is 401 g/mol. The number of aromatic nitrogens is 1. The van der Waals surface area contributed by atoms with Gasteiger partial charge in [-0.3, -0.25) is 9.59 Å². The molecule has 0 amide bonds. The van der Waals surface area contributed by atoms with Crippen LogP contribution in [0.25, 0.3) is 0 Å². The van der Waals surface area contributed by atoms with E-state index in [4.69, 9.17) is 14.2 Å². The van der Waals surface area contributed by atoms with Crippen LogP contribution < -0.4 is 9.47 Å². The molecule has 1 heterocycles. The van der Waals surface area contributed by atoms with E-state index in [-0.39, 0.29) is 29.7 Å². The van der Waals surface area contributed by atoms with E-state index in [9.17, 15) is 14.7 Å². The number of aromatic hydroxyl groups is 1. The molecule has 0 spiro atoms. The van der Waals surface area contributed by atoms with Gasteiger partial charge in [0.1, 0.15) is 18.0 Å². The number of rotatable bonds is 10. The number of ether oxygens (including phenoxy) is 3. The van der Waals surface area contributed by atoms with Crippen molar-refractivity contribution in [2.45, 2.75) is 45.8 Å². The summed E-state index contributed by atoms with van der Waals surface area (Å²) in [7, 11) is 1.38. The molecule has 0 saturated carbocycles. The molecule has 0 aliphatic rings. The highest BCUT2D eigenvalue weighted by molar-refractivity contribution is 5.99. The second kappa shape index (κ2) is 10.5. The van der Waals surface area contributed by atoms with E-state index in [1.807, 2.05) is 44.2 Å². The van der Waals surface area contributed by atoms with Crippen LogP contribution in [-0.2, 0) is 9.53 Å². The maximum Gasteiger partial charge on any atom is 0.309 e. The minimum absolute atomic E-state index is 0.128. The zero-order chi connectivity index (χ0) is 21.4. The molecule has 2 rings (SSSR count). The fourth-order valence-electron chi connectivity index (χ4n) is 2.83. The van der Waals surface area contributed by atoms with E-state index in [1.54, 1.807) is 6.92 Å². The van der Waals surface area contributed by atoms with Crippen molar-refractivity contribution in [3.63, 3.8) is 0 Å². The molecule has 1 aromatic heterocycles. The lowest BCUT2D eigenvalue weighted by Gasteiger charge is -2.25. The summed E-state index contributed by atoms with van der Waals surface area (Å²) in [4.78, 5) is 28.9. The molecule has 156 valence electrons. The van der Waals surface area contributed by atoms with E-state index >= 15 is 0 Å². The Kier molecular flexibility index (Phi) is 8.00. The number of hydrogen-bond acceptors (Lipinski definition) is 7. The Labute approximate surface area is 170 Å². The molecule has 7 heteroatoms. The van der Waals surface area contributed by atoms with Crippen molar-refractivity contribution in [2.75, 3.05) is 7.11 Å². The minimum Gasteiger partial charge on any atom is -0.503 e. The van der Waals surface area contributed by atoms with Gasteiger partial charge in [0.2, 0.25) is 0 Å². The lowest BCUT2D eigenvalue weighted by Crippen LogP contribution is -2.35. The zero-order valence-electron chi connectivity index (χ0n) is 17.1. The van der Waals surface area contributed by atoms with E-state index in [0.717, 1.165) is 0 Å². The zero-order valence-corrected chi connectivity index (χ0v) is 17.1. The number of ketones is 1. The van der Waals surface area contributed by atoms with Crippen molar-refractivity contribution in [1.82, 2.24) is 4.98 Å². The number of nitrogens with zero attached hydrogens (tertiary/aromatic N) is 1. The topological polar surface area (TPSA) is 95.0 Å². The molecule has 2 aromatic rings. The molecule has 0 saturated heterocycles. The number of benzene rings is 1. The van der Waals surface area contributed by atoms with Crippen LogP contribution in [0.5, 0.6) is 17.2 Å². The first-order valence-corrected chi connectivity index (χ1v) is 9.54. The first-order chi connectivity index (χ1) is 13.9. The van der Waals surface area contributed by atoms with Gasteiger partial charge < -0.3 is 19.3 Å². The van der Waals surface area contributed by atoms with E-state index < -0.39 is 23.8 Å². The van der Waals surface area contributed by atoms with Crippen molar-refractivity contribution in [2.24, 2.45) is 5.92 Å². The summed E-state index contributed by atoms with van der Waals surface area (Å²) in [6.45, 7) is 5.34. The smallest absolute Gasteiger partial charge is 0.309 e. The van der Waals surface area contributed by atoms with Gasteiger partial charge >= 0.3 is 5.97 Å². The number of carbonyl (C=O) groups is 2. The molecule has 29 heavy (non-hydrogen) atoms. The van der Waals surface area contributed by atoms with Gasteiger partial charge in [0.15, 0.2) is 23.0 Å². The quantitative estimate of drug-likeness (QED) is 0.478. The summed E-state index contributed by atoms with van der Waals surface area (Å²) in [5, 5.41) is 10.1. The van der Waals surface area contributed by atoms with Crippen LogP contribution in [0.4, 0.5) is 0 Å². The average molecular weight is 401 g/mol. The minimum atomic E-state index is -0.701. The average Bonchev–Trinajstić information content (AvgIpc) is 2.72. The largest absolute Gasteiger partial charge is 0.503 e. The van der Waals surface area contributed by atoms with Gasteiger partial charge in [-0.25, -0.2) is 4.98 Å². The third kappa shape index (κ3) is 5.94. The molecule has 1 N–H and O–H groups in total. The Bertz CT molecular complexity index is 823. The van der Waals surface area contributed by atoms with Gasteiger partial charge in [0.25, 0.3) is 0 Å². The van der Waals surface area contributed by atoms with Gasteiger partial charge in [0, 0.05) is 18.7 Å². The lowest BCUT2D eigenvalue weighted by atomic mass is 10.0. The van der Waals surface area contributed by atoms with Gasteiger partial charge in [0.05, 0.1) is 13.0 Å². The molecule has 0 unspecified atom stereocenters. The van der Waals surface area contributed by atoms with Crippen molar-refractivity contribution in [3.8, 4) is 17.2 Å². The highest BCUT2D eigenvalue weighted by Crippen LogP contribution is 2.29. The molecule has 0 radical (unpaired) electrons. The predicted octanol–water partition coefficient (Wildman–Crippen LogP) is 3.79. The van der Waals surface area contributed by atoms with Crippen LogP contribution in [0.1, 0.15) is 44.1 Å². The fourth-order valence-corrected chi connectivity index (χ4v) is 2.83. The van der Waals surface area contributed by atoms with Crippen molar-refractivity contribution in [3.05, 3.63) is 48.3 Å². The Morgan fingerprint density at radius 3 is 2.45 bits per heavy atom. The Morgan fingerprint density at radius 1 is 1.14 bits per heavy atom. The molecule has 1 aromatic carbocycles. The van der Waals surface area contributed by atoms with Crippen LogP contribution in [0.15, 0.2) is 42.6 Å². The standard InChI is InChI=1S/C22H27NO6/c1-5-18(15(3)28-16-9-7-6-8-10-16)29-22(26)14(2)13-17(24)20-21(25)19(27-4)11-12-23-20/h6-12,14-15,18,25H,5,13H2,1-4H3/t14-,15+,18+/m1/s1. The first-order valence-electron chi connectivity index (χ1n) is 9.54. The Balaban J connectivity index is 1.97. The van der Waals surface area contributed by atoms with Crippen LogP contribution in [-0.4, -0.2) is 41.2 Å². The van der Waals surface area contributed by atoms with E-state index in [0.29, 0.717) is 12.2 Å². The molecule has 0 bridgehead atoms. The van der Waals surface area contributed by atoms with Gasteiger partial charge in [-0.2, -0.15) is 0 Å². The molecular weight excluding hydrogens is 374 g/mol. The highest BCUT2D eigenvalue weighted by Gasteiger charge is 2.27. The van der Waals surface area contributed by atoms with Crippen molar-refractivity contribution < 1.29 is 28.9 Å². The molecule has 0 fully saturated rings. The van der Waals surface area contributed by atoms with Gasteiger partial charge in [-0.1, -0.05) is 32.0 Å². The summed E-state index contributed by atoms with van der Waals surface area (Å²) < 4.78 is 16.4. The number of methoxy groups -OCH3 is 1. The Morgan fingerprint density at radius 2 is 1.83 bits per heavy atom. The number of hydrogen-bond donors (Lipinski definition) is 1. The van der Waals surface area contributed by atoms with Crippen LogP contribution >= 0.6 is 0 Å². The third-order valence-corrected chi connectivity index (χ3v) is 4.52. The second-order valence-corrected chi connectivity index (χ2v) is 6.76. The van der Waals surface area contributed by atoms with Crippen molar-refractivity contribution >= 4 is 11.8 Å². The number of carbonyl (C=O) groups excluding carboxylic acids is 2. The summed E-state index contributed by atoms with van der Waals surface area (Å²) in [5.74, 6) is -1.16. The number of Topliss-reactive ketones (excluding diaryl/α,β-unsaturated/α-hetero) is 1. The summed E-state index contributed by atoms with van der Waals surface area (Å²) >= 11 is 0. The molecule has 0 aliphatic carbocycles. The molecular formula is C22H27NO6. The number of esters is 1. The normalized spacial score (nSPS) is 13.8. The van der Waals surface area contributed by atoms with Crippen molar-refractivity contribution in [1.29, 1.82) is 0 Å². The predicted molar refractivity (Wildman–Crippen MR) is 107 cm³/mol. The SMILES string of the molecule is CC[C@H](OC(=O)[C@H](C)CC(=O)c1nccc(OC)c1O)[C@H](C)Oc1ccccc1. The van der Waals surface area contributed by atoms with Crippen LogP contribution in [0.2, 0.25) is 0 Å².